The van der Waals surface area contributed by atoms with E-state index in [9.17, 15) is 0 Å². The van der Waals surface area contributed by atoms with Gasteiger partial charge in [-0.3, -0.25) is 0 Å². The highest BCUT2D eigenvalue weighted by atomic mass is 79.9. The molecule has 1 aromatic heterocycles. The van der Waals surface area contributed by atoms with Gasteiger partial charge in [0.25, 0.3) is 0 Å². The van der Waals surface area contributed by atoms with E-state index in [1.54, 1.807) is 12.5 Å². The molecule has 0 saturated carbocycles. The van der Waals surface area contributed by atoms with E-state index >= 15 is 0 Å². The lowest BCUT2D eigenvalue weighted by molar-refractivity contribution is 0.562. The molecule has 76 valence electrons. The molecule has 0 radical (unpaired) electrons. The van der Waals surface area contributed by atoms with Gasteiger partial charge in [0.15, 0.2) is 0 Å². The normalized spacial score (nSPS) is 12.3. The van der Waals surface area contributed by atoms with Gasteiger partial charge in [0, 0.05) is 22.5 Å². The van der Waals surface area contributed by atoms with Crippen LogP contribution in [0.15, 0.2) is 56.1 Å². The first kappa shape index (κ1) is 10.5. The molecule has 1 aromatic carbocycles. The van der Waals surface area contributed by atoms with Crippen LogP contribution in [0.4, 0.5) is 0 Å². The molecule has 0 saturated heterocycles. The number of furan rings is 1. The Morgan fingerprint density at radius 1 is 1.27 bits per heavy atom. The zero-order valence-corrected chi connectivity index (χ0v) is 10.2. The van der Waals surface area contributed by atoms with E-state index in [0.29, 0.717) is 0 Å². The van der Waals surface area contributed by atoms with Gasteiger partial charge in [-0.1, -0.05) is 28.1 Å². The van der Waals surface area contributed by atoms with E-state index in [0.717, 1.165) is 15.6 Å². The van der Waals surface area contributed by atoms with E-state index in [1.807, 2.05) is 30.3 Å². The fourth-order valence-electron chi connectivity index (χ4n) is 1.42. The molecule has 2 aromatic rings. The van der Waals surface area contributed by atoms with E-state index in [1.165, 1.54) is 0 Å². The average Bonchev–Trinajstić information content (AvgIpc) is 2.72. The van der Waals surface area contributed by atoms with Gasteiger partial charge in [-0.2, -0.15) is 0 Å². The van der Waals surface area contributed by atoms with Crippen LogP contribution in [0.5, 0.6) is 0 Å². The highest BCUT2D eigenvalue weighted by molar-refractivity contribution is 9.10. The quantitative estimate of drug-likeness (QED) is 0.854. The third kappa shape index (κ3) is 2.33. The molecule has 2 rings (SSSR count). The average molecular weight is 282 g/mol. The van der Waals surface area contributed by atoms with Crippen molar-refractivity contribution in [3.8, 4) is 0 Å². The summed E-state index contributed by atoms with van der Waals surface area (Å²) >= 11 is 8.24. The molecule has 0 aliphatic rings. The lowest BCUT2D eigenvalue weighted by atomic mass is 10.0. The second kappa shape index (κ2) is 4.68. The maximum Gasteiger partial charge on any atom is 0.116 e. The summed E-state index contributed by atoms with van der Waals surface area (Å²) in [6.07, 6.45) is 3.29. The molecule has 4 heteroatoms. The van der Waals surface area contributed by atoms with Crippen molar-refractivity contribution >= 4 is 28.4 Å². The van der Waals surface area contributed by atoms with Crippen LogP contribution in [0.1, 0.15) is 17.2 Å². The highest BCUT2D eigenvalue weighted by Crippen LogP contribution is 2.27. The predicted octanol–water partition coefficient (Wildman–Crippen LogP) is 3.86. The van der Waals surface area contributed by atoms with Crippen molar-refractivity contribution in [2.45, 2.75) is 6.04 Å². The first-order chi connectivity index (χ1) is 7.31. The number of hydrogen-bond acceptors (Lipinski definition) is 3. The standard InChI is InChI=1S/C11H8BrNOS/c12-10-3-1-2-8(6-10)11(13-15)9-4-5-14-7-9/h1-7,11H. The van der Waals surface area contributed by atoms with Gasteiger partial charge >= 0.3 is 0 Å². The van der Waals surface area contributed by atoms with Crippen LogP contribution < -0.4 is 0 Å². The Morgan fingerprint density at radius 3 is 2.73 bits per heavy atom. The summed E-state index contributed by atoms with van der Waals surface area (Å²) in [5.41, 5.74) is 2.03. The molecule has 0 spiro atoms. The van der Waals surface area contributed by atoms with Gasteiger partial charge in [-0.15, -0.1) is 0 Å². The summed E-state index contributed by atoms with van der Waals surface area (Å²) in [6.45, 7) is 0. The third-order valence-electron chi connectivity index (χ3n) is 2.13. The molecule has 0 amide bonds. The van der Waals surface area contributed by atoms with Gasteiger partial charge in [0.2, 0.25) is 0 Å². The molecule has 0 aliphatic heterocycles. The summed E-state index contributed by atoms with van der Waals surface area (Å²) in [5.74, 6) is 0. The topological polar surface area (TPSA) is 25.5 Å². The molecule has 1 heterocycles. The lowest BCUT2D eigenvalue weighted by Crippen LogP contribution is -1.95. The number of rotatable bonds is 3. The monoisotopic (exact) mass is 281 g/mol. The first-order valence-electron chi connectivity index (χ1n) is 4.41. The maximum atomic E-state index is 5.03. The van der Waals surface area contributed by atoms with Crippen LogP contribution in [-0.2, 0) is 12.4 Å². The second-order valence-corrected chi connectivity index (χ2v) is 4.25. The second-order valence-electron chi connectivity index (χ2n) is 3.12. The Balaban J connectivity index is 2.39. The minimum atomic E-state index is -0.128. The molecule has 2 nitrogen and oxygen atoms in total. The Bertz CT molecular complexity index is 455. The maximum absolute atomic E-state index is 5.03. The zero-order chi connectivity index (χ0) is 10.7. The highest BCUT2D eigenvalue weighted by Gasteiger charge is 2.13. The fraction of sp³-hybridized carbons (Fsp3) is 0.0909. The van der Waals surface area contributed by atoms with Crippen LogP contribution >= 0.6 is 15.9 Å². The number of benzene rings is 1. The molecule has 0 N–H and O–H groups in total. The van der Waals surface area contributed by atoms with E-state index in [-0.39, 0.29) is 6.04 Å². The summed E-state index contributed by atoms with van der Waals surface area (Å²) in [6, 6.07) is 9.69. The van der Waals surface area contributed by atoms with Gasteiger partial charge in [0.1, 0.15) is 6.04 Å². The molecule has 15 heavy (non-hydrogen) atoms. The molecule has 1 atom stereocenters. The van der Waals surface area contributed by atoms with Crippen molar-refractivity contribution in [3.63, 3.8) is 0 Å². The van der Waals surface area contributed by atoms with Crippen molar-refractivity contribution in [2.75, 3.05) is 0 Å². The fourth-order valence-corrected chi connectivity index (χ4v) is 2.08. The third-order valence-corrected chi connectivity index (χ3v) is 2.83. The summed E-state index contributed by atoms with van der Waals surface area (Å²) in [5, 5.41) is 0. The van der Waals surface area contributed by atoms with Crippen LogP contribution in [0.25, 0.3) is 0 Å². The number of hydrogen-bond donors (Lipinski definition) is 0. The summed E-state index contributed by atoms with van der Waals surface area (Å²) in [7, 11) is 0. The first-order valence-corrected chi connectivity index (χ1v) is 5.57. The van der Waals surface area contributed by atoms with Gasteiger partial charge in [-0.05, 0) is 23.8 Å². The van der Waals surface area contributed by atoms with Gasteiger partial charge in [-0.25, -0.2) is 4.36 Å². The lowest BCUT2D eigenvalue weighted by Gasteiger charge is -2.08. The van der Waals surface area contributed by atoms with Crippen LogP contribution in [-0.4, -0.2) is 0 Å². The number of halogens is 1. The van der Waals surface area contributed by atoms with Gasteiger partial charge in [0.05, 0.1) is 12.5 Å². The van der Waals surface area contributed by atoms with E-state index in [4.69, 9.17) is 16.8 Å². The van der Waals surface area contributed by atoms with Crippen LogP contribution in [0, 0.1) is 0 Å². The van der Waals surface area contributed by atoms with E-state index in [2.05, 4.69) is 20.3 Å². The molecule has 0 bridgehead atoms. The van der Waals surface area contributed by atoms with Crippen molar-refractivity contribution in [1.29, 1.82) is 0 Å². The molecular formula is C11H8BrNOS. The Labute approximate surface area is 102 Å². The minimum Gasteiger partial charge on any atom is -0.472 e. The Hall–Kier alpha value is -1.00. The minimum absolute atomic E-state index is 0.128. The van der Waals surface area contributed by atoms with Crippen LogP contribution in [0.3, 0.4) is 0 Å². The molecule has 1 unspecified atom stereocenters. The summed E-state index contributed by atoms with van der Waals surface area (Å²) < 4.78 is 10.00. The van der Waals surface area contributed by atoms with E-state index < -0.39 is 0 Å². The Kier molecular flexibility index (Phi) is 3.28. The molecule has 0 fully saturated rings. The molecule has 0 aliphatic carbocycles. The van der Waals surface area contributed by atoms with Crippen molar-refractivity contribution in [2.24, 2.45) is 4.36 Å². The Morgan fingerprint density at radius 2 is 2.13 bits per heavy atom. The molecular weight excluding hydrogens is 274 g/mol. The predicted molar refractivity (Wildman–Crippen MR) is 64.5 cm³/mol. The van der Waals surface area contributed by atoms with Crippen molar-refractivity contribution in [3.05, 3.63) is 58.5 Å². The van der Waals surface area contributed by atoms with Gasteiger partial charge < -0.3 is 4.42 Å². The van der Waals surface area contributed by atoms with Crippen molar-refractivity contribution in [1.82, 2.24) is 0 Å². The summed E-state index contributed by atoms with van der Waals surface area (Å²) in [4.78, 5) is 0. The SMILES string of the molecule is S=NC(c1ccoc1)c1cccc(Br)c1. The van der Waals surface area contributed by atoms with Crippen molar-refractivity contribution < 1.29 is 4.42 Å². The zero-order valence-electron chi connectivity index (χ0n) is 7.76. The number of nitrogens with zero attached hydrogens (tertiary/aromatic N) is 1. The largest absolute Gasteiger partial charge is 0.472 e. The smallest absolute Gasteiger partial charge is 0.116 e. The van der Waals surface area contributed by atoms with Crippen LogP contribution in [0.2, 0.25) is 0 Å².